The van der Waals surface area contributed by atoms with Gasteiger partial charge in [-0.25, -0.2) is 19.4 Å². The van der Waals surface area contributed by atoms with Crippen molar-refractivity contribution in [1.82, 2.24) is 30.0 Å². The smallest absolute Gasteiger partial charge is 0.320 e. The summed E-state index contributed by atoms with van der Waals surface area (Å²) in [4.78, 5) is 23.4. The standard InChI is InChI=1S/C21H35N7O.ClH/c1-15(2)27(16(3)4)11-7-8-12-28-20-18(13-24-28)19(22-14-23-20)26-21(29)25-17-9-5-6-10-17;/h13-17H,5-12H2,1-4H3,(H2,22,23,25,26,29);1H. The molecule has 0 aliphatic heterocycles. The van der Waals surface area contributed by atoms with Crippen LogP contribution in [-0.4, -0.2) is 55.3 Å². The summed E-state index contributed by atoms with van der Waals surface area (Å²) in [6, 6.07) is 1.17. The summed E-state index contributed by atoms with van der Waals surface area (Å²) in [7, 11) is 0. The molecule has 2 heterocycles. The van der Waals surface area contributed by atoms with Gasteiger partial charge in [-0.1, -0.05) is 12.8 Å². The molecule has 1 saturated carbocycles. The Balaban J connectivity index is 0.00000320. The van der Waals surface area contributed by atoms with Gasteiger partial charge in [0.2, 0.25) is 0 Å². The number of carbonyl (C=O) groups excluding carboxylic acids is 1. The molecule has 30 heavy (non-hydrogen) atoms. The first-order valence-electron chi connectivity index (χ1n) is 11.0. The predicted molar refractivity (Wildman–Crippen MR) is 123 cm³/mol. The zero-order valence-electron chi connectivity index (χ0n) is 18.6. The summed E-state index contributed by atoms with van der Waals surface area (Å²) in [5.41, 5.74) is 0.765. The number of hydrogen-bond donors (Lipinski definition) is 2. The van der Waals surface area contributed by atoms with Gasteiger partial charge < -0.3 is 5.32 Å². The summed E-state index contributed by atoms with van der Waals surface area (Å²) in [5.74, 6) is 0.516. The Bertz CT molecular complexity index is 794. The van der Waals surface area contributed by atoms with Crippen molar-refractivity contribution >= 4 is 35.3 Å². The molecule has 9 heteroatoms. The highest BCUT2D eigenvalue weighted by Crippen LogP contribution is 2.20. The lowest BCUT2D eigenvalue weighted by Gasteiger charge is -2.30. The fourth-order valence-corrected chi connectivity index (χ4v) is 4.22. The highest BCUT2D eigenvalue weighted by atomic mass is 35.5. The Kier molecular flexibility index (Phi) is 9.30. The lowest BCUT2D eigenvalue weighted by molar-refractivity contribution is 0.171. The average Bonchev–Trinajstić information content (AvgIpc) is 3.31. The minimum Gasteiger partial charge on any atom is -0.335 e. The Morgan fingerprint density at radius 1 is 1.17 bits per heavy atom. The first-order chi connectivity index (χ1) is 14.0. The molecule has 0 spiro atoms. The summed E-state index contributed by atoms with van der Waals surface area (Å²) in [6.45, 7) is 10.9. The lowest BCUT2D eigenvalue weighted by Crippen LogP contribution is -2.37. The van der Waals surface area contributed by atoms with Crippen LogP contribution < -0.4 is 10.6 Å². The van der Waals surface area contributed by atoms with Gasteiger partial charge in [-0.2, -0.15) is 5.10 Å². The summed E-state index contributed by atoms with van der Waals surface area (Å²) >= 11 is 0. The van der Waals surface area contributed by atoms with Crippen LogP contribution in [0.3, 0.4) is 0 Å². The topological polar surface area (TPSA) is 88.0 Å². The fourth-order valence-electron chi connectivity index (χ4n) is 4.22. The van der Waals surface area contributed by atoms with Crippen molar-refractivity contribution in [2.24, 2.45) is 0 Å². The van der Waals surface area contributed by atoms with Crippen molar-refractivity contribution < 1.29 is 4.79 Å². The Labute approximate surface area is 185 Å². The minimum absolute atomic E-state index is 0. The Morgan fingerprint density at radius 2 is 1.87 bits per heavy atom. The molecule has 0 aromatic carbocycles. The molecule has 2 aromatic rings. The SMILES string of the molecule is CC(C)N(CCCCn1ncc2c(NC(=O)NC3CCCC3)ncnc21)C(C)C.Cl. The molecule has 1 aliphatic rings. The second kappa shape index (κ2) is 11.5. The van der Waals surface area contributed by atoms with Gasteiger partial charge in [-0.15, -0.1) is 12.4 Å². The molecule has 0 radical (unpaired) electrons. The zero-order valence-corrected chi connectivity index (χ0v) is 19.4. The molecular formula is C21H36ClN7O. The van der Waals surface area contributed by atoms with E-state index < -0.39 is 0 Å². The van der Waals surface area contributed by atoms with Crippen LogP contribution >= 0.6 is 12.4 Å². The van der Waals surface area contributed by atoms with E-state index in [0.29, 0.717) is 17.9 Å². The second-order valence-corrected chi connectivity index (χ2v) is 8.54. The first kappa shape index (κ1) is 24.3. The summed E-state index contributed by atoms with van der Waals surface area (Å²) < 4.78 is 1.91. The summed E-state index contributed by atoms with van der Waals surface area (Å²) in [5, 5.41) is 11.2. The molecule has 1 aliphatic carbocycles. The number of hydrogen-bond acceptors (Lipinski definition) is 5. The number of carbonyl (C=O) groups is 1. The molecule has 168 valence electrons. The van der Waals surface area contributed by atoms with Crippen molar-refractivity contribution in [2.45, 2.75) is 90.9 Å². The number of nitrogens with one attached hydrogen (secondary N) is 2. The van der Waals surface area contributed by atoms with E-state index in [4.69, 9.17) is 0 Å². The van der Waals surface area contributed by atoms with Gasteiger partial charge in [0.1, 0.15) is 12.1 Å². The number of halogens is 1. The monoisotopic (exact) mass is 437 g/mol. The van der Waals surface area contributed by atoms with E-state index >= 15 is 0 Å². The molecule has 2 N–H and O–H groups in total. The van der Waals surface area contributed by atoms with Crippen LogP contribution in [0.1, 0.15) is 66.2 Å². The number of nitrogens with zero attached hydrogens (tertiary/aromatic N) is 5. The number of fused-ring (bicyclic) bond motifs is 1. The largest absolute Gasteiger partial charge is 0.335 e. The van der Waals surface area contributed by atoms with Crippen LogP contribution in [0, 0.1) is 0 Å². The first-order valence-corrected chi connectivity index (χ1v) is 11.0. The zero-order chi connectivity index (χ0) is 20.8. The van der Waals surface area contributed by atoms with Gasteiger partial charge in [0.25, 0.3) is 0 Å². The molecule has 0 atom stereocenters. The normalized spacial score (nSPS) is 14.6. The van der Waals surface area contributed by atoms with Crippen LogP contribution in [0.15, 0.2) is 12.5 Å². The molecule has 0 unspecified atom stereocenters. The van der Waals surface area contributed by atoms with Crippen molar-refractivity contribution in [2.75, 3.05) is 11.9 Å². The average molecular weight is 438 g/mol. The van der Waals surface area contributed by atoms with Crippen molar-refractivity contribution in [3.8, 4) is 0 Å². The molecule has 2 aromatic heterocycles. The molecule has 1 fully saturated rings. The number of rotatable bonds is 9. The number of aromatic nitrogens is 4. The van der Waals surface area contributed by atoms with E-state index in [-0.39, 0.29) is 24.5 Å². The van der Waals surface area contributed by atoms with Crippen LogP contribution in [0.4, 0.5) is 10.6 Å². The van der Waals surface area contributed by atoms with E-state index in [0.717, 1.165) is 49.8 Å². The van der Waals surface area contributed by atoms with Crippen molar-refractivity contribution in [3.05, 3.63) is 12.5 Å². The van der Waals surface area contributed by atoms with Gasteiger partial charge in [-0.3, -0.25) is 10.2 Å². The van der Waals surface area contributed by atoms with Crippen LogP contribution in [0.5, 0.6) is 0 Å². The van der Waals surface area contributed by atoms with Gasteiger partial charge in [-0.05, 0) is 59.9 Å². The highest BCUT2D eigenvalue weighted by molar-refractivity contribution is 5.97. The molecule has 3 rings (SSSR count). The Morgan fingerprint density at radius 3 is 2.53 bits per heavy atom. The summed E-state index contributed by atoms with van der Waals surface area (Å²) in [6.07, 6.45) is 9.84. The van der Waals surface area contributed by atoms with E-state index in [1.807, 2.05) is 4.68 Å². The number of anilines is 1. The number of urea groups is 1. The van der Waals surface area contributed by atoms with Gasteiger partial charge in [0.15, 0.2) is 5.65 Å². The highest BCUT2D eigenvalue weighted by Gasteiger charge is 2.18. The third-order valence-corrected chi connectivity index (χ3v) is 5.72. The molecule has 0 bridgehead atoms. The maximum Gasteiger partial charge on any atom is 0.320 e. The second-order valence-electron chi connectivity index (χ2n) is 8.54. The lowest BCUT2D eigenvalue weighted by atomic mass is 10.2. The van der Waals surface area contributed by atoms with Gasteiger partial charge in [0, 0.05) is 24.7 Å². The number of aryl methyl sites for hydroxylation is 1. The van der Waals surface area contributed by atoms with Crippen LogP contribution in [0.25, 0.3) is 11.0 Å². The van der Waals surface area contributed by atoms with Crippen LogP contribution in [-0.2, 0) is 6.54 Å². The molecular weight excluding hydrogens is 402 g/mol. The van der Waals surface area contributed by atoms with Gasteiger partial charge in [0.05, 0.1) is 11.6 Å². The Hall–Kier alpha value is -1.93. The predicted octanol–water partition coefficient (Wildman–Crippen LogP) is 4.21. The van der Waals surface area contributed by atoms with Crippen LogP contribution in [0.2, 0.25) is 0 Å². The maximum absolute atomic E-state index is 12.3. The molecule has 8 nitrogen and oxygen atoms in total. The van der Waals surface area contributed by atoms with E-state index in [1.165, 1.54) is 19.2 Å². The fraction of sp³-hybridized carbons (Fsp3) is 0.714. The van der Waals surface area contributed by atoms with Gasteiger partial charge >= 0.3 is 6.03 Å². The third kappa shape index (κ3) is 6.28. The maximum atomic E-state index is 12.3. The van der Waals surface area contributed by atoms with Crippen molar-refractivity contribution in [1.29, 1.82) is 0 Å². The third-order valence-electron chi connectivity index (χ3n) is 5.72. The van der Waals surface area contributed by atoms with E-state index in [1.54, 1.807) is 6.20 Å². The number of unbranched alkanes of at least 4 members (excludes halogenated alkanes) is 1. The van der Waals surface area contributed by atoms with E-state index in [2.05, 4.69) is 58.3 Å². The van der Waals surface area contributed by atoms with Crippen molar-refractivity contribution in [3.63, 3.8) is 0 Å². The quantitative estimate of drug-likeness (QED) is 0.573. The van der Waals surface area contributed by atoms with E-state index in [9.17, 15) is 4.79 Å². The molecule has 2 amide bonds. The molecule has 0 saturated heterocycles. The minimum atomic E-state index is -0.202. The number of amides is 2.